The molecule has 5 heteroatoms. The van der Waals surface area contributed by atoms with Crippen molar-refractivity contribution in [1.82, 2.24) is 16.0 Å². The Balaban J connectivity index is 3.36. The van der Waals surface area contributed by atoms with Gasteiger partial charge in [-0.3, -0.25) is 9.59 Å². The van der Waals surface area contributed by atoms with Gasteiger partial charge >= 0.3 is 0 Å². The van der Waals surface area contributed by atoms with Crippen LogP contribution in [0.25, 0.3) is 0 Å². The van der Waals surface area contributed by atoms with E-state index >= 15 is 0 Å². The fourth-order valence-corrected chi connectivity index (χ4v) is 1.14. The minimum atomic E-state index is -0.00996. The van der Waals surface area contributed by atoms with Crippen molar-refractivity contribution in [3.8, 4) is 0 Å². The molecule has 0 aromatic heterocycles. The van der Waals surface area contributed by atoms with Crippen LogP contribution in [0.4, 0.5) is 0 Å². The van der Waals surface area contributed by atoms with Crippen molar-refractivity contribution in [3.05, 3.63) is 0 Å². The van der Waals surface area contributed by atoms with Crippen LogP contribution in [0.3, 0.4) is 0 Å². The smallest absolute Gasteiger partial charge is 0.221 e. The molecule has 0 aliphatic carbocycles. The summed E-state index contributed by atoms with van der Waals surface area (Å²) in [6.07, 6.45) is 1.75. The first-order valence-electron chi connectivity index (χ1n) is 5.94. The van der Waals surface area contributed by atoms with Crippen molar-refractivity contribution >= 4 is 11.8 Å². The summed E-state index contributed by atoms with van der Waals surface area (Å²) in [4.78, 5) is 22.4. The van der Waals surface area contributed by atoms with Crippen LogP contribution >= 0.6 is 0 Å². The number of carbonyl (C=O) groups excluding carboxylic acids is 2. The number of amides is 2. The fraction of sp³-hybridized carbons (Fsp3) is 0.818. The Morgan fingerprint density at radius 2 is 1.44 bits per heavy atom. The van der Waals surface area contributed by atoms with Crippen LogP contribution in [0.1, 0.15) is 33.1 Å². The van der Waals surface area contributed by atoms with E-state index in [9.17, 15) is 9.59 Å². The second-order valence-electron chi connectivity index (χ2n) is 3.55. The normalized spacial score (nSPS) is 9.88. The first-order chi connectivity index (χ1) is 7.70. The van der Waals surface area contributed by atoms with Crippen LogP contribution < -0.4 is 16.0 Å². The molecule has 0 aliphatic rings. The molecule has 0 atom stereocenters. The molecule has 0 spiro atoms. The van der Waals surface area contributed by atoms with E-state index in [1.807, 2.05) is 13.8 Å². The zero-order valence-electron chi connectivity index (χ0n) is 10.3. The lowest BCUT2D eigenvalue weighted by Gasteiger charge is -2.06. The van der Waals surface area contributed by atoms with E-state index in [1.165, 1.54) is 0 Å². The van der Waals surface area contributed by atoms with Gasteiger partial charge in [-0.2, -0.15) is 0 Å². The van der Waals surface area contributed by atoms with E-state index in [-0.39, 0.29) is 11.8 Å². The number of nitrogens with one attached hydrogen (secondary N) is 3. The topological polar surface area (TPSA) is 70.2 Å². The molecular formula is C11H23N3O2. The average Bonchev–Trinajstić information content (AvgIpc) is 2.26. The largest absolute Gasteiger partial charge is 0.356 e. The number of rotatable bonds is 9. The second-order valence-corrected chi connectivity index (χ2v) is 3.55. The Bertz CT molecular complexity index is 207. The second kappa shape index (κ2) is 10.4. The molecular weight excluding hydrogens is 206 g/mol. The van der Waals surface area contributed by atoms with Gasteiger partial charge in [-0.1, -0.05) is 13.8 Å². The third kappa shape index (κ3) is 9.45. The Morgan fingerprint density at radius 3 is 2.00 bits per heavy atom. The van der Waals surface area contributed by atoms with Gasteiger partial charge in [0.05, 0.1) is 0 Å². The van der Waals surface area contributed by atoms with E-state index < -0.39 is 0 Å². The summed E-state index contributed by atoms with van der Waals surface area (Å²) in [6.45, 7) is 6.67. The van der Waals surface area contributed by atoms with Crippen LogP contribution in [0.15, 0.2) is 0 Å². The zero-order chi connectivity index (χ0) is 12.2. The van der Waals surface area contributed by atoms with Crippen LogP contribution in [-0.2, 0) is 9.59 Å². The van der Waals surface area contributed by atoms with Gasteiger partial charge < -0.3 is 16.0 Å². The molecule has 3 N–H and O–H groups in total. The maximum absolute atomic E-state index is 11.2. The van der Waals surface area contributed by atoms with Crippen LogP contribution in [0.5, 0.6) is 0 Å². The molecule has 0 saturated heterocycles. The summed E-state index contributed by atoms with van der Waals surface area (Å²) in [5.41, 5.74) is 0. The first kappa shape index (κ1) is 14.9. The average molecular weight is 229 g/mol. The summed E-state index contributed by atoms with van der Waals surface area (Å²) in [5.74, 6) is -0.0157. The molecule has 2 amide bonds. The van der Waals surface area contributed by atoms with Crippen molar-refractivity contribution < 1.29 is 9.59 Å². The Morgan fingerprint density at radius 1 is 0.875 bits per heavy atom. The molecule has 16 heavy (non-hydrogen) atoms. The van der Waals surface area contributed by atoms with Crippen molar-refractivity contribution in [3.63, 3.8) is 0 Å². The monoisotopic (exact) mass is 229 g/mol. The third-order valence-electron chi connectivity index (χ3n) is 2.03. The molecule has 0 radical (unpaired) electrons. The Labute approximate surface area is 97.4 Å². The lowest BCUT2D eigenvalue weighted by atomic mass is 10.3. The highest BCUT2D eigenvalue weighted by Gasteiger charge is 2.02. The predicted molar refractivity (Wildman–Crippen MR) is 64.1 cm³/mol. The zero-order valence-corrected chi connectivity index (χ0v) is 10.3. The van der Waals surface area contributed by atoms with Gasteiger partial charge in [-0.25, -0.2) is 0 Å². The van der Waals surface area contributed by atoms with Crippen LogP contribution in [-0.4, -0.2) is 38.0 Å². The lowest BCUT2D eigenvalue weighted by Crippen LogP contribution is -2.32. The van der Waals surface area contributed by atoms with Gasteiger partial charge in [0, 0.05) is 32.5 Å². The summed E-state index contributed by atoms with van der Waals surface area (Å²) < 4.78 is 0. The van der Waals surface area contributed by atoms with Gasteiger partial charge in [-0.15, -0.1) is 0 Å². The quantitative estimate of drug-likeness (QED) is 0.488. The SMILES string of the molecule is CCCNC(=O)CCNC(=O)CCNCC. The minimum Gasteiger partial charge on any atom is -0.356 e. The minimum absolute atomic E-state index is 0.00571. The van der Waals surface area contributed by atoms with Crippen molar-refractivity contribution in [1.29, 1.82) is 0 Å². The molecule has 94 valence electrons. The van der Waals surface area contributed by atoms with E-state index in [2.05, 4.69) is 16.0 Å². The van der Waals surface area contributed by atoms with Gasteiger partial charge in [0.2, 0.25) is 11.8 Å². The van der Waals surface area contributed by atoms with E-state index in [0.717, 1.165) is 13.0 Å². The van der Waals surface area contributed by atoms with E-state index in [0.29, 0.717) is 32.5 Å². The highest BCUT2D eigenvalue weighted by molar-refractivity contribution is 5.78. The molecule has 5 nitrogen and oxygen atoms in total. The molecule has 0 aliphatic heterocycles. The number of hydrogen-bond acceptors (Lipinski definition) is 3. The molecule has 0 bridgehead atoms. The fourth-order valence-electron chi connectivity index (χ4n) is 1.14. The Kier molecular flexibility index (Phi) is 9.70. The first-order valence-corrected chi connectivity index (χ1v) is 5.94. The molecule has 0 fully saturated rings. The molecule has 0 rings (SSSR count). The van der Waals surface area contributed by atoms with Crippen molar-refractivity contribution in [2.75, 3.05) is 26.2 Å². The third-order valence-corrected chi connectivity index (χ3v) is 2.03. The summed E-state index contributed by atoms with van der Waals surface area (Å²) >= 11 is 0. The molecule has 0 unspecified atom stereocenters. The van der Waals surface area contributed by atoms with Gasteiger partial charge in [-0.05, 0) is 13.0 Å². The highest BCUT2D eigenvalue weighted by Crippen LogP contribution is 1.81. The standard InChI is InChI=1S/C11H23N3O2/c1-3-7-13-11(16)6-9-14-10(15)5-8-12-4-2/h12H,3-9H2,1-2H3,(H,13,16)(H,14,15). The lowest BCUT2D eigenvalue weighted by molar-refractivity contribution is -0.122. The molecule has 0 heterocycles. The van der Waals surface area contributed by atoms with Crippen molar-refractivity contribution in [2.45, 2.75) is 33.1 Å². The Hall–Kier alpha value is -1.10. The van der Waals surface area contributed by atoms with Crippen LogP contribution in [0, 0.1) is 0 Å². The highest BCUT2D eigenvalue weighted by atomic mass is 16.2. The maximum Gasteiger partial charge on any atom is 0.221 e. The van der Waals surface area contributed by atoms with Crippen LogP contribution in [0.2, 0.25) is 0 Å². The van der Waals surface area contributed by atoms with Gasteiger partial charge in [0.15, 0.2) is 0 Å². The predicted octanol–water partition coefficient (Wildman–Crippen LogP) is 0.0185. The van der Waals surface area contributed by atoms with E-state index in [1.54, 1.807) is 0 Å². The summed E-state index contributed by atoms with van der Waals surface area (Å²) in [7, 11) is 0. The molecule has 0 aromatic carbocycles. The summed E-state index contributed by atoms with van der Waals surface area (Å²) in [6, 6.07) is 0. The van der Waals surface area contributed by atoms with E-state index in [4.69, 9.17) is 0 Å². The summed E-state index contributed by atoms with van der Waals surface area (Å²) in [5, 5.41) is 8.53. The van der Waals surface area contributed by atoms with Crippen molar-refractivity contribution in [2.24, 2.45) is 0 Å². The number of hydrogen-bond donors (Lipinski definition) is 3. The number of carbonyl (C=O) groups is 2. The van der Waals surface area contributed by atoms with Gasteiger partial charge in [0.25, 0.3) is 0 Å². The van der Waals surface area contributed by atoms with Gasteiger partial charge in [0.1, 0.15) is 0 Å². The molecule has 0 aromatic rings. The maximum atomic E-state index is 11.2. The molecule has 0 saturated carbocycles.